The summed E-state index contributed by atoms with van der Waals surface area (Å²) in [7, 11) is 0. The third-order valence-electron chi connectivity index (χ3n) is 1.82. The lowest BCUT2D eigenvalue weighted by atomic mass is 10.2. The van der Waals surface area contributed by atoms with Crippen LogP contribution in [0.15, 0.2) is 33.7 Å². The molecule has 0 aliphatic rings. The number of hydrogen-bond donors (Lipinski definition) is 1. The summed E-state index contributed by atoms with van der Waals surface area (Å²) in [6.07, 6.45) is 1.59. The van der Waals surface area contributed by atoms with E-state index >= 15 is 0 Å². The van der Waals surface area contributed by atoms with E-state index < -0.39 is 0 Å². The number of hydrogen-bond acceptors (Lipinski definition) is 1. The molecule has 2 rings (SSSR count). The number of benzene rings is 1. The van der Waals surface area contributed by atoms with Crippen LogP contribution in [0, 0.1) is 0 Å². The Hall–Kier alpha value is -0.800. The predicted molar refractivity (Wildman–Crippen MR) is 57.3 cm³/mol. The second-order valence-electron chi connectivity index (χ2n) is 2.63. The second-order valence-corrected chi connectivity index (χ2v) is 3.89. The van der Waals surface area contributed by atoms with Crippen LogP contribution in [0.4, 0.5) is 0 Å². The monoisotopic (exact) mass is 257 g/mol. The quantitative estimate of drug-likeness (QED) is 0.774. The highest BCUT2D eigenvalue weighted by atomic mass is 79.9. The fourth-order valence-electron chi connectivity index (χ4n) is 1.19. The first kappa shape index (κ1) is 8.78. The molecule has 0 saturated heterocycles. The zero-order valence-electron chi connectivity index (χ0n) is 6.47. The number of para-hydroxylation sites is 1. The minimum atomic E-state index is -0.0451. The molecule has 0 saturated carbocycles. The first-order chi connectivity index (χ1) is 6.20. The van der Waals surface area contributed by atoms with Gasteiger partial charge in [-0.05, 0) is 28.1 Å². The Bertz CT molecular complexity index is 520. The molecule has 0 amide bonds. The molecule has 0 fully saturated rings. The number of pyridine rings is 1. The van der Waals surface area contributed by atoms with Gasteiger partial charge in [0.1, 0.15) is 0 Å². The second kappa shape index (κ2) is 3.16. The third-order valence-corrected chi connectivity index (χ3v) is 2.72. The van der Waals surface area contributed by atoms with Gasteiger partial charge in [0.25, 0.3) is 0 Å². The van der Waals surface area contributed by atoms with Gasteiger partial charge in [0.15, 0.2) is 0 Å². The molecule has 1 aromatic carbocycles. The normalized spacial score (nSPS) is 10.6. The summed E-state index contributed by atoms with van der Waals surface area (Å²) < 4.78 is 0.516. The zero-order chi connectivity index (χ0) is 9.42. The van der Waals surface area contributed by atoms with Crippen molar-refractivity contribution in [3.63, 3.8) is 0 Å². The topological polar surface area (TPSA) is 32.9 Å². The van der Waals surface area contributed by atoms with Crippen molar-refractivity contribution in [3.8, 4) is 0 Å². The Kier molecular flexibility index (Phi) is 2.14. The molecule has 1 heterocycles. The molecule has 0 spiro atoms. The van der Waals surface area contributed by atoms with Gasteiger partial charge < -0.3 is 4.98 Å². The van der Waals surface area contributed by atoms with Crippen LogP contribution < -0.4 is 5.43 Å². The highest BCUT2D eigenvalue weighted by Crippen LogP contribution is 2.19. The molecule has 66 valence electrons. The van der Waals surface area contributed by atoms with Gasteiger partial charge in [0.2, 0.25) is 5.43 Å². The first-order valence-electron chi connectivity index (χ1n) is 3.65. The fourth-order valence-corrected chi connectivity index (χ4v) is 1.75. The van der Waals surface area contributed by atoms with E-state index in [0.717, 1.165) is 0 Å². The number of halogens is 2. The zero-order valence-corrected chi connectivity index (χ0v) is 8.82. The molecular formula is C9H5BrClNO. The molecule has 0 unspecified atom stereocenters. The van der Waals surface area contributed by atoms with Gasteiger partial charge >= 0.3 is 0 Å². The lowest BCUT2D eigenvalue weighted by Crippen LogP contribution is -2.03. The Morgan fingerprint density at radius 3 is 2.92 bits per heavy atom. The van der Waals surface area contributed by atoms with Gasteiger partial charge in [-0.3, -0.25) is 4.79 Å². The van der Waals surface area contributed by atoms with Gasteiger partial charge in [0.05, 0.1) is 15.0 Å². The molecule has 0 bridgehead atoms. The van der Waals surface area contributed by atoms with Crippen LogP contribution in [0.3, 0.4) is 0 Å². The Morgan fingerprint density at radius 2 is 2.15 bits per heavy atom. The number of fused-ring (bicyclic) bond motifs is 1. The lowest BCUT2D eigenvalue weighted by Gasteiger charge is -1.99. The molecule has 0 atom stereocenters. The smallest absolute Gasteiger partial charge is 0.203 e. The predicted octanol–water partition coefficient (Wildman–Crippen LogP) is 2.94. The van der Waals surface area contributed by atoms with Gasteiger partial charge in [-0.1, -0.05) is 17.7 Å². The van der Waals surface area contributed by atoms with Crippen molar-refractivity contribution < 1.29 is 0 Å². The molecule has 0 radical (unpaired) electrons. The van der Waals surface area contributed by atoms with Crippen LogP contribution >= 0.6 is 27.5 Å². The minimum absolute atomic E-state index is 0.0451. The lowest BCUT2D eigenvalue weighted by molar-refractivity contribution is 1.36. The van der Waals surface area contributed by atoms with Crippen LogP contribution in [0.2, 0.25) is 5.02 Å². The molecular weight excluding hydrogens is 253 g/mol. The maximum atomic E-state index is 11.6. The van der Waals surface area contributed by atoms with Crippen molar-refractivity contribution in [1.29, 1.82) is 0 Å². The summed E-state index contributed by atoms with van der Waals surface area (Å²) in [6, 6.07) is 5.24. The molecule has 13 heavy (non-hydrogen) atoms. The van der Waals surface area contributed by atoms with E-state index in [1.54, 1.807) is 24.4 Å². The maximum Gasteiger partial charge on any atom is 0.203 e. The Morgan fingerprint density at radius 1 is 1.38 bits per heavy atom. The number of aromatic nitrogens is 1. The molecule has 2 aromatic rings. The molecule has 0 aliphatic heterocycles. The number of rotatable bonds is 0. The number of aromatic amines is 1. The third kappa shape index (κ3) is 1.38. The van der Waals surface area contributed by atoms with E-state index in [-0.39, 0.29) is 5.43 Å². The van der Waals surface area contributed by atoms with Crippen molar-refractivity contribution >= 4 is 38.4 Å². The molecule has 2 nitrogen and oxygen atoms in total. The summed E-state index contributed by atoms with van der Waals surface area (Å²) in [4.78, 5) is 14.5. The van der Waals surface area contributed by atoms with Gasteiger partial charge in [-0.25, -0.2) is 0 Å². The summed E-state index contributed by atoms with van der Waals surface area (Å²) in [6.45, 7) is 0. The Balaban J connectivity index is 3.03. The van der Waals surface area contributed by atoms with Gasteiger partial charge in [-0.15, -0.1) is 0 Å². The van der Waals surface area contributed by atoms with E-state index in [1.807, 2.05) is 0 Å². The van der Waals surface area contributed by atoms with Crippen molar-refractivity contribution in [2.45, 2.75) is 0 Å². The van der Waals surface area contributed by atoms with Gasteiger partial charge in [-0.2, -0.15) is 0 Å². The largest absolute Gasteiger partial charge is 0.359 e. The van der Waals surface area contributed by atoms with E-state index in [9.17, 15) is 4.79 Å². The molecule has 0 aliphatic carbocycles. The van der Waals surface area contributed by atoms with Crippen LogP contribution in [0.5, 0.6) is 0 Å². The van der Waals surface area contributed by atoms with Gasteiger partial charge in [0, 0.05) is 11.6 Å². The highest BCUT2D eigenvalue weighted by molar-refractivity contribution is 9.10. The summed E-state index contributed by atoms with van der Waals surface area (Å²) in [5, 5.41) is 1.16. The molecule has 1 N–H and O–H groups in total. The average Bonchev–Trinajstić information content (AvgIpc) is 2.12. The van der Waals surface area contributed by atoms with E-state index in [4.69, 9.17) is 11.6 Å². The van der Waals surface area contributed by atoms with Crippen LogP contribution in [0.25, 0.3) is 10.9 Å². The van der Waals surface area contributed by atoms with Crippen molar-refractivity contribution in [2.24, 2.45) is 0 Å². The highest BCUT2D eigenvalue weighted by Gasteiger charge is 2.04. The standard InChI is InChI=1S/C9H5BrClNO/c10-6-4-12-8-5(9(6)13)2-1-3-7(8)11/h1-4H,(H,12,13). The van der Waals surface area contributed by atoms with Crippen molar-refractivity contribution in [3.05, 3.63) is 44.1 Å². The van der Waals surface area contributed by atoms with Crippen LogP contribution in [-0.4, -0.2) is 4.98 Å². The number of H-pyrrole nitrogens is 1. The van der Waals surface area contributed by atoms with E-state index in [2.05, 4.69) is 20.9 Å². The Labute approximate surface area is 87.7 Å². The average molecular weight is 259 g/mol. The number of nitrogens with one attached hydrogen (secondary N) is 1. The van der Waals surface area contributed by atoms with Crippen LogP contribution in [-0.2, 0) is 0 Å². The minimum Gasteiger partial charge on any atom is -0.359 e. The van der Waals surface area contributed by atoms with E-state index in [0.29, 0.717) is 20.4 Å². The maximum absolute atomic E-state index is 11.6. The molecule has 1 aromatic heterocycles. The summed E-state index contributed by atoms with van der Waals surface area (Å²) in [5.41, 5.74) is 0.633. The first-order valence-corrected chi connectivity index (χ1v) is 4.82. The van der Waals surface area contributed by atoms with E-state index in [1.165, 1.54) is 0 Å². The van der Waals surface area contributed by atoms with Crippen LogP contribution in [0.1, 0.15) is 0 Å². The summed E-state index contributed by atoms with van der Waals surface area (Å²) in [5.74, 6) is 0. The van der Waals surface area contributed by atoms with Crippen molar-refractivity contribution in [2.75, 3.05) is 0 Å². The fraction of sp³-hybridized carbons (Fsp3) is 0. The molecule has 4 heteroatoms. The summed E-state index contributed by atoms with van der Waals surface area (Å²) >= 11 is 9.05. The SMILES string of the molecule is O=c1c(Br)c[nH]c2c(Cl)cccc12. The van der Waals surface area contributed by atoms with Crippen molar-refractivity contribution in [1.82, 2.24) is 4.98 Å².